The topological polar surface area (TPSA) is 44.1 Å². The summed E-state index contributed by atoms with van der Waals surface area (Å²) in [5.41, 5.74) is -0.585. The average Bonchev–Trinajstić information content (AvgIpc) is 2.46. The monoisotopic (exact) mass is 304 g/mol. The molecule has 2 saturated heterocycles. The quantitative estimate of drug-likeness (QED) is 0.788. The van der Waals surface area contributed by atoms with Gasteiger partial charge in [0.2, 0.25) is 0 Å². The summed E-state index contributed by atoms with van der Waals surface area (Å²) in [4.78, 5) is 14.9. The highest BCUT2D eigenvalue weighted by Gasteiger charge is 2.39. The molecule has 2 aliphatic heterocycles. The highest BCUT2D eigenvalue weighted by atomic mass is 19.1. The summed E-state index contributed by atoms with van der Waals surface area (Å²) in [5.74, 6) is -2.30. The maximum atomic E-state index is 13.7. The van der Waals surface area contributed by atoms with Crippen LogP contribution in [0.5, 0.6) is 0 Å². The molecule has 2 heterocycles. The smallest absolute Gasteiger partial charge is 0.166 e. The van der Waals surface area contributed by atoms with Crippen molar-refractivity contribution in [3.8, 4) is 6.07 Å². The molecule has 2 fully saturated rings. The molecular weight excluding hydrogens is 286 g/mol. The molecule has 2 bridgehead atoms. The fourth-order valence-electron chi connectivity index (χ4n) is 3.89. The van der Waals surface area contributed by atoms with Crippen LogP contribution in [-0.2, 0) is 0 Å². The summed E-state index contributed by atoms with van der Waals surface area (Å²) in [6.45, 7) is 0. The van der Waals surface area contributed by atoms with Gasteiger partial charge in [-0.05, 0) is 44.9 Å². The van der Waals surface area contributed by atoms with Crippen LogP contribution in [0.15, 0.2) is 12.1 Å². The van der Waals surface area contributed by atoms with E-state index in [1.165, 1.54) is 12.5 Å². The van der Waals surface area contributed by atoms with Crippen LogP contribution >= 0.6 is 0 Å². The Morgan fingerprint density at radius 1 is 1.23 bits per heavy atom. The highest BCUT2D eigenvalue weighted by molar-refractivity contribution is 5.98. The molecule has 0 radical (unpaired) electrons. The lowest BCUT2D eigenvalue weighted by Crippen LogP contribution is -2.51. The largest absolute Gasteiger partial charge is 0.300 e. The number of piperidine rings is 2. The second kappa shape index (κ2) is 5.77. The van der Waals surface area contributed by atoms with Crippen LogP contribution < -0.4 is 0 Å². The summed E-state index contributed by atoms with van der Waals surface area (Å²) in [5, 5.41) is 8.70. The van der Waals surface area contributed by atoms with Crippen molar-refractivity contribution in [2.75, 3.05) is 7.05 Å². The molecule has 116 valence electrons. The molecule has 0 amide bonds. The Morgan fingerprint density at radius 2 is 1.77 bits per heavy atom. The lowest BCUT2D eigenvalue weighted by molar-refractivity contribution is 0.0338. The molecule has 0 saturated carbocycles. The van der Waals surface area contributed by atoms with E-state index in [1.807, 2.05) is 0 Å². The third-order valence-corrected chi connectivity index (χ3v) is 5.15. The summed E-state index contributed by atoms with van der Waals surface area (Å²) in [6, 6.07) is 4.24. The van der Waals surface area contributed by atoms with Gasteiger partial charge in [0.05, 0.1) is 0 Å². The van der Waals surface area contributed by atoms with Crippen molar-refractivity contribution in [2.45, 2.75) is 44.2 Å². The lowest BCUT2D eigenvalue weighted by atomic mass is 9.76. The lowest BCUT2D eigenvalue weighted by Gasteiger charge is -2.46. The zero-order valence-electron chi connectivity index (χ0n) is 12.5. The first-order chi connectivity index (χ1) is 10.5. The van der Waals surface area contributed by atoms with Crippen LogP contribution in [0.1, 0.15) is 48.0 Å². The van der Waals surface area contributed by atoms with Crippen molar-refractivity contribution >= 4 is 5.78 Å². The number of hydrogen-bond acceptors (Lipinski definition) is 3. The van der Waals surface area contributed by atoms with E-state index in [0.29, 0.717) is 12.1 Å². The fraction of sp³-hybridized carbons (Fsp3) is 0.529. The number of carbonyl (C=O) groups is 1. The van der Waals surface area contributed by atoms with E-state index < -0.39 is 17.2 Å². The van der Waals surface area contributed by atoms with E-state index in [4.69, 9.17) is 5.26 Å². The zero-order chi connectivity index (χ0) is 15.9. The molecule has 2 aliphatic rings. The van der Waals surface area contributed by atoms with Crippen LogP contribution in [0, 0.1) is 28.9 Å². The van der Waals surface area contributed by atoms with Gasteiger partial charge in [0, 0.05) is 23.6 Å². The summed E-state index contributed by atoms with van der Waals surface area (Å²) in [6.07, 6.45) is 4.82. The molecule has 0 N–H and O–H groups in total. The average molecular weight is 304 g/mol. The molecule has 3 rings (SSSR count). The first-order valence-electron chi connectivity index (χ1n) is 7.66. The molecule has 0 aromatic heterocycles. The number of benzene rings is 1. The number of nitrogens with zero attached hydrogens (tertiary/aromatic N) is 2. The molecule has 1 aromatic rings. The zero-order valence-corrected chi connectivity index (χ0v) is 12.5. The Labute approximate surface area is 128 Å². The molecule has 0 spiro atoms. The molecule has 3 nitrogen and oxygen atoms in total. The Bertz CT molecular complexity index is 616. The number of hydrogen-bond donors (Lipinski definition) is 0. The molecule has 0 aliphatic carbocycles. The van der Waals surface area contributed by atoms with E-state index in [9.17, 15) is 13.6 Å². The van der Waals surface area contributed by atoms with Crippen molar-refractivity contribution in [1.29, 1.82) is 5.26 Å². The predicted octanol–water partition coefficient (Wildman–Crippen LogP) is 3.28. The Balaban J connectivity index is 1.85. The van der Waals surface area contributed by atoms with Gasteiger partial charge in [0.25, 0.3) is 0 Å². The normalized spacial score (nSPS) is 28.2. The number of ketones is 1. The molecular formula is C17H18F2N2O. The van der Waals surface area contributed by atoms with E-state index in [2.05, 4.69) is 11.9 Å². The van der Waals surface area contributed by atoms with Gasteiger partial charge in [-0.15, -0.1) is 0 Å². The standard InChI is InChI=1S/C17H18F2N2O/c1-21-12-3-2-4-13(21)6-10(5-12)17(22)11-7-15(18)14(9-20)16(19)8-11/h7-8,10,12-13H,2-6H2,1H3. The van der Waals surface area contributed by atoms with Crippen molar-refractivity contribution in [2.24, 2.45) is 5.92 Å². The van der Waals surface area contributed by atoms with Crippen LogP contribution in [-0.4, -0.2) is 29.8 Å². The molecule has 2 unspecified atom stereocenters. The minimum absolute atomic E-state index is 0.0432. The molecule has 1 aromatic carbocycles. The maximum Gasteiger partial charge on any atom is 0.166 e. The highest BCUT2D eigenvalue weighted by Crippen LogP contribution is 2.37. The first-order valence-corrected chi connectivity index (χ1v) is 7.66. The van der Waals surface area contributed by atoms with Crippen LogP contribution in [0.2, 0.25) is 0 Å². The number of fused-ring (bicyclic) bond motifs is 2. The SMILES string of the molecule is CN1C2CCCC1CC(C(=O)c1cc(F)c(C#N)c(F)c1)C2. The van der Waals surface area contributed by atoms with Gasteiger partial charge >= 0.3 is 0 Å². The second-order valence-electron chi connectivity index (χ2n) is 6.36. The van der Waals surface area contributed by atoms with Gasteiger partial charge in [-0.2, -0.15) is 5.26 Å². The minimum atomic E-state index is -0.959. The molecule has 2 atom stereocenters. The van der Waals surface area contributed by atoms with Crippen LogP contribution in [0.4, 0.5) is 8.78 Å². The van der Waals surface area contributed by atoms with Gasteiger partial charge in [0.15, 0.2) is 5.78 Å². The van der Waals surface area contributed by atoms with Crippen LogP contribution in [0.25, 0.3) is 0 Å². The number of nitriles is 1. The number of halogens is 2. The van der Waals surface area contributed by atoms with Crippen molar-refractivity contribution in [3.63, 3.8) is 0 Å². The van der Waals surface area contributed by atoms with E-state index >= 15 is 0 Å². The molecule has 5 heteroatoms. The Morgan fingerprint density at radius 3 is 2.27 bits per heavy atom. The van der Waals surface area contributed by atoms with Crippen molar-refractivity contribution in [3.05, 3.63) is 34.9 Å². The van der Waals surface area contributed by atoms with Gasteiger partial charge < -0.3 is 4.90 Å². The van der Waals surface area contributed by atoms with Crippen LogP contribution in [0.3, 0.4) is 0 Å². The third kappa shape index (κ3) is 2.52. The van der Waals surface area contributed by atoms with Gasteiger partial charge in [-0.3, -0.25) is 4.79 Å². The van der Waals surface area contributed by atoms with E-state index in [1.54, 1.807) is 0 Å². The molecule has 22 heavy (non-hydrogen) atoms. The van der Waals surface area contributed by atoms with Crippen molar-refractivity contribution < 1.29 is 13.6 Å². The summed E-state index contributed by atoms with van der Waals surface area (Å²) >= 11 is 0. The second-order valence-corrected chi connectivity index (χ2v) is 6.36. The van der Waals surface area contributed by atoms with Gasteiger partial charge in [-0.1, -0.05) is 6.42 Å². The van der Waals surface area contributed by atoms with E-state index in [0.717, 1.165) is 37.8 Å². The predicted molar refractivity (Wildman–Crippen MR) is 77.3 cm³/mol. The maximum absolute atomic E-state index is 13.7. The Kier molecular flexibility index (Phi) is 3.96. The number of Topliss-reactive ketones (excluding diaryl/α,β-unsaturated/α-hetero) is 1. The van der Waals surface area contributed by atoms with Gasteiger partial charge in [-0.25, -0.2) is 8.78 Å². The van der Waals surface area contributed by atoms with Crippen molar-refractivity contribution in [1.82, 2.24) is 4.90 Å². The minimum Gasteiger partial charge on any atom is -0.300 e. The number of carbonyl (C=O) groups excluding carboxylic acids is 1. The van der Waals surface area contributed by atoms with Gasteiger partial charge in [0.1, 0.15) is 23.3 Å². The Hall–Kier alpha value is -1.80. The third-order valence-electron chi connectivity index (χ3n) is 5.15. The van der Waals surface area contributed by atoms with E-state index in [-0.39, 0.29) is 17.3 Å². The summed E-state index contributed by atoms with van der Waals surface area (Å²) in [7, 11) is 2.09. The first kappa shape index (κ1) is 15.1. The number of rotatable bonds is 2. The summed E-state index contributed by atoms with van der Waals surface area (Å²) < 4.78 is 27.4. The fourth-order valence-corrected chi connectivity index (χ4v) is 3.89.